The van der Waals surface area contributed by atoms with Crippen molar-refractivity contribution >= 4 is 23.4 Å². The number of thioether (sulfide) groups is 1. The van der Waals surface area contributed by atoms with Crippen LogP contribution in [-0.4, -0.2) is 31.8 Å². The summed E-state index contributed by atoms with van der Waals surface area (Å²) in [6.07, 6.45) is 8.95. The predicted molar refractivity (Wildman–Crippen MR) is 107 cm³/mol. The van der Waals surface area contributed by atoms with E-state index < -0.39 is 0 Å². The van der Waals surface area contributed by atoms with E-state index in [-0.39, 0.29) is 0 Å². The third-order valence-electron chi connectivity index (χ3n) is 4.51. The van der Waals surface area contributed by atoms with Crippen molar-refractivity contribution in [2.45, 2.75) is 30.6 Å². The summed E-state index contributed by atoms with van der Waals surface area (Å²) in [7, 11) is 0. The summed E-state index contributed by atoms with van der Waals surface area (Å²) in [6.45, 7) is 6.14. The highest BCUT2D eigenvalue weighted by Crippen LogP contribution is 2.28. The van der Waals surface area contributed by atoms with Crippen molar-refractivity contribution in [1.29, 1.82) is 0 Å². The van der Waals surface area contributed by atoms with Crippen LogP contribution in [0.25, 0.3) is 0 Å². The maximum Gasteiger partial charge on any atom is 0.196 e. The van der Waals surface area contributed by atoms with E-state index in [1.54, 1.807) is 11.8 Å². The molecule has 24 heavy (non-hydrogen) atoms. The first kappa shape index (κ1) is 18.9. The summed E-state index contributed by atoms with van der Waals surface area (Å²) in [6, 6.07) is 8.30. The van der Waals surface area contributed by atoms with Crippen molar-refractivity contribution in [2.75, 3.05) is 31.2 Å². The van der Waals surface area contributed by atoms with Crippen LogP contribution in [-0.2, 0) is 0 Å². The molecular weight excluding hydrogens is 316 g/mol. The lowest BCUT2D eigenvalue weighted by Gasteiger charge is -2.27. The minimum atomic E-state index is 0.644. The van der Waals surface area contributed by atoms with E-state index in [2.05, 4.69) is 41.7 Å². The highest BCUT2D eigenvalue weighted by molar-refractivity contribution is 7.98. The number of nitrogens with one attached hydrogen (secondary N) is 2. The van der Waals surface area contributed by atoms with Gasteiger partial charge in [0.1, 0.15) is 0 Å². The molecular formula is C19H30N4S. The molecule has 1 aromatic rings. The van der Waals surface area contributed by atoms with Crippen LogP contribution in [0.15, 0.2) is 46.8 Å². The van der Waals surface area contributed by atoms with E-state index >= 15 is 0 Å². The van der Waals surface area contributed by atoms with Crippen molar-refractivity contribution in [2.24, 2.45) is 22.6 Å². The highest BCUT2D eigenvalue weighted by Gasteiger charge is 2.20. The van der Waals surface area contributed by atoms with Gasteiger partial charge in [-0.1, -0.05) is 24.6 Å². The second-order valence-corrected chi connectivity index (χ2v) is 7.17. The Morgan fingerprint density at radius 3 is 2.92 bits per heavy atom. The summed E-state index contributed by atoms with van der Waals surface area (Å²) in [4.78, 5) is 6.04. The van der Waals surface area contributed by atoms with Crippen LogP contribution in [0.5, 0.6) is 0 Å². The van der Waals surface area contributed by atoms with Gasteiger partial charge in [-0.3, -0.25) is 4.99 Å². The van der Waals surface area contributed by atoms with Gasteiger partial charge in [0, 0.05) is 18.0 Å². The minimum absolute atomic E-state index is 0.644. The van der Waals surface area contributed by atoms with Crippen LogP contribution in [0.3, 0.4) is 0 Å². The molecule has 2 rings (SSSR count). The summed E-state index contributed by atoms with van der Waals surface area (Å²) in [5, 5.41) is 6.76. The number of hydrogen-bond donors (Lipinski definition) is 3. The van der Waals surface area contributed by atoms with Gasteiger partial charge < -0.3 is 16.4 Å². The minimum Gasteiger partial charge on any atom is -0.353 e. The number of anilines is 1. The Kier molecular flexibility index (Phi) is 8.19. The van der Waals surface area contributed by atoms with Crippen LogP contribution in [0.4, 0.5) is 5.69 Å². The van der Waals surface area contributed by atoms with Crippen molar-refractivity contribution < 1.29 is 0 Å². The molecule has 1 fully saturated rings. The molecule has 1 aromatic carbocycles. The van der Waals surface area contributed by atoms with Gasteiger partial charge in [-0.2, -0.15) is 0 Å². The van der Waals surface area contributed by atoms with Crippen LogP contribution in [0, 0.1) is 11.8 Å². The van der Waals surface area contributed by atoms with Crippen LogP contribution >= 0.6 is 11.8 Å². The highest BCUT2D eigenvalue weighted by atomic mass is 32.2. The summed E-state index contributed by atoms with van der Waals surface area (Å²) in [5.41, 5.74) is 6.93. The molecule has 2 atom stereocenters. The number of aliphatic imine (C=N–C) groups is 1. The van der Waals surface area contributed by atoms with Crippen molar-refractivity contribution in [3.63, 3.8) is 0 Å². The number of para-hydroxylation sites is 1. The fraction of sp³-hybridized carbons (Fsp3) is 0.526. The molecule has 0 amide bonds. The maximum atomic E-state index is 5.85. The fourth-order valence-electron chi connectivity index (χ4n) is 3.19. The van der Waals surface area contributed by atoms with Gasteiger partial charge in [0.15, 0.2) is 5.96 Å². The first-order valence-electron chi connectivity index (χ1n) is 8.76. The summed E-state index contributed by atoms with van der Waals surface area (Å²) < 4.78 is 0. The van der Waals surface area contributed by atoms with Gasteiger partial charge in [0.2, 0.25) is 0 Å². The summed E-state index contributed by atoms with van der Waals surface area (Å²) >= 11 is 1.73. The number of hydrogen-bond acceptors (Lipinski definition) is 3. The van der Waals surface area contributed by atoms with E-state index in [1.807, 2.05) is 12.1 Å². The normalized spacial score (nSPS) is 21.3. The molecule has 0 radical (unpaired) electrons. The quantitative estimate of drug-likeness (QED) is 0.305. The van der Waals surface area contributed by atoms with E-state index in [0.29, 0.717) is 18.4 Å². The molecule has 4 nitrogen and oxygen atoms in total. The molecule has 0 aliphatic heterocycles. The molecule has 0 saturated heterocycles. The van der Waals surface area contributed by atoms with Crippen molar-refractivity contribution in [1.82, 2.24) is 5.32 Å². The largest absolute Gasteiger partial charge is 0.353 e. The average Bonchev–Trinajstić information content (AvgIpc) is 2.64. The molecule has 5 heteroatoms. The van der Waals surface area contributed by atoms with Crippen molar-refractivity contribution in [3.05, 3.63) is 36.9 Å². The Hall–Kier alpha value is -1.46. The lowest BCUT2D eigenvalue weighted by molar-refractivity contribution is 0.277. The molecule has 1 saturated carbocycles. The van der Waals surface area contributed by atoms with Crippen LogP contribution in [0.1, 0.15) is 25.7 Å². The zero-order valence-corrected chi connectivity index (χ0v) is 15.4. The third kappa shape index (κ3) is 5.87. The standard InChI is InChI=1S/C19H30N4S/c1-3-11-21-19(23-17-9-4-5-10-18(17)24-2)22-14-16-8-6-7-15(12-16)13-20/h3-5,9-10,15-16H,1,6-8,11-14,20H2,2H3,(H2,21,22,23). The SMILES string of the molecule is C=CCNC(=NCC1CCCC(CN)C1)Nc1ccccc1SC. The lowest BCUT2D eigenvalue weighted by Crippen LogP contribution is -2.32. The Labute approximate surface area is 150 Å². The smallest absolute Gasteiger partial charge is 0.196 e. The van der Waals surface area contributed by atoms with Crippen molar-refractivity contribution in [3.8, 4) is 0 Å². The molecule has 1 aliphatic carbocycles. The molecule has 0 heterocycles. The number of benzene rings is 1. The van der Waals surface area contributed by atoms with E-state index in [4.69, 9.17) is 10.7 Å². The Morgan fingerprint density at radius 2 is 2.17 bits per heavy atom. The van der Waals surface area contributed by atoms with E-state index in [0.717, 1.165) is 24.7 Å². The lowest BCUT2D eigenvalue weighted by atomic mass is 9.81. The number of guanidine groups is 1. The predicted octanol–water partition coefficient (Wildman–Crippen LogP) is 3.72. The number of nitrogens with zero attached hydrogens (tertiary/aromatic N) is 1. The third-order valence-corrected chi connectivity index (χ3v) is 5.30. The maximum absolute atomic E-state index is 5.85. The van der Waals surface area contributed by atoms with Crippen LogP contribution in [0.2, 0.25) is 0 Å². The first-order valence-corrected chi connectivity index (χ1v) is 9.98. The zero-order chi connectivity index (χ0) is 17.2. The van der Waals surface area contributed by atoms with E-state index in [1.165, 1.54) is 30.6 Å². The molecule has 2 unspecified atom stereocenters. The molecule has 132 valence electrons. The first-order chi connectivity index (χ1) is 11.8. The van der Waals surface area contributed by atoms with Gasteiger partial charge >= 0.3 is 0 Å². The fourth-order valence-corrected chi connectivity index (χ4v) is 3.74. The van der Waals surface area contributed by atoms with Gasteiger partial charge in [0.05, 0.1) is 5.69 Å². The zero-order valence-electron chi connectivity index (χ0n) is 14.6. The van der Waals surface area contributed by atoms with Gasteiger partial charge in [-0.15, -0.1) is 18.3 Å². The second kappa shape index (κ2) is 10.4. The molecule has 0 aromatic heterocycles. The topological polar surface area (TPSA) is 62.4 Å². The monoisotopic (exact) mass is 346 g/mol. The Bertz CT molecular complexity index is 544. The Balaban J connectivity index is 2.02. The summed E-state index contributed by atoms with van der Waals surface area (Å²) in [5.74, 6) is 2.14. The van der Waals surface area contributed by atoms with Crippen LogP contribution < -0.4 is 16.4 Å². The number of nitrogens with two attached hydrogens (primary N) is 1. The molecule has 1 aliphatic rings. The van der Waals surface area contributed by atoms with E-state index in [9.17, 15) is 0 Å². The molecule has 0 spiro atoms. The van der Waals surface area contributed by atoms with Gasteiger partial charge in [0.25, 0.3) is 0 Å². The van der Waals surface area contributed by atoms with Gasteiger partial charge in [-0.25, -0.2) is 0 Å². The molecule has 4 N–H and O–H groups in total. The molecule has 0 bridgehead atoms. The average molecular weight is 347 g/mol. The number of rotatable bonds is 7. The van der Waals surface area contributed by atoms with Gasteiger partial charge in [-0.05, 0) is 56.0 Å². The second-order valence-electron chi connectivity index (χ2n) is 6.32. The Morgan fingerprint density at radius 1 is 1.38 bits per heavy atom.